The first-order chi connectivity index (χ1) is 15.8. The highest BCUT2D eigenvalue weighted by Gasteiger charge is 2.58. The lowest BCUT2D eigenvalue weighted by molar-refractivity contribution is 0.0899. The van der Waals surface area contributed by atoms with Gasteiger partial charge in [-0.15, -0.1) is 0 Å². The fraction of sp³-hybridized carbons (Fsp3) is 0.500. The number of nitriles is 1. The van der Waals surface area contributed by atoms with Crippen molar-refractivity contribution in [3.05, 3.63) is 42.4 Å². The van der Waals surface area contributed by atoms with Gasteiger partial charge in [-0.25, -0.2) is 9.97 Å². The van der Waals surface area contributed by atoms with Gasteiger partial charge in [0.15, 0.2) is 0 Å². The quantitative estimate of drug-likeness (QED) is 0.328. The molecule has 33 heavy (non-hydrogen) atoms. The Morgan fingerprint density at radius 2 is 2.12 bits per heavy atom. The van der Waals surface area contributed by atoms with Gasteiger partial charge in [0, 0.05) is 39.5 Å². The van der Waals surface area contributed by atoms with E-state index in [9.17, 15) is 5.26 Å². The minimum absolute atomic E-state index is 0.469. The Hall–Kier alpha value is -2.69. The Bertz CT molecular complexity index is 1220. The number of anilines is 1. The Balaban J connectivity index is 1.54. The van der Waals surface area contributed by atoms with Crippen LogP contribution in [0.1, 0.15) is 25.3 Å². The first kappa shape index (κ1) is 22.1. The molecule has 3 heterocycles. The third-order valence-electron chi connectivity index (χ3n) is 7.47. The Morgan fingerprint density at radius 3 is 2.85 bits per heavy atom. The number of ether oxygens (including phenoxy) is 1. The van der Waals surface area contributed by atoms with Crippen LogP contribution in [0.5, 0.6) is 0 Å². The number of nitrogens with zero attached hydrogens (tertiary/aromatic N) is 5. The van der Waals surface area contributed by atoms with E-state index in [2.05, 4.69) is 59.3 Å². The molecule has 0 bridgehead atoms. The van der Waals surface area contributed by atoms with Gasteiger partial charge in [0.05, 0.1) is 17.0 Å². The summed E-state index contributed by atoms with van der Waals surface area (Å²) in [7, 11) is -1.14. The zero-order valence-corrected chi connectivity index (χ0v) is 21.1. The van der Waals surface area contributed by atoms with Crippen LogP contribution in [0.25, 0.3) is 22.2 Å². The SMILES string of the molecule is CCC12CC1CN(c1ncnc3c1c(-c1cccc(C#N)c1)cn3COCC[Si](C)(C)C)C2. The van der Waals surface area contributed by atoms with E-state index in [1.807, 2.05) is 18.2 Å². The molecule has 2 aromatic heterocycles. The molecule has 6 nitrogen and oxygen atoms in total. The summed E-state index contributed by atoms with van der Waals surface area (Å²) in [6, 6.07) is 11.2. The average molecular weight is 460 g/mol. The molecule has 5 rings (SSSR count). The number of rotatable bonds is 8. The van der Waals surface area contributed by atoms with E-state index in [1.54, 1.807) is 6.33 Å². The second-order valence-electron chi connectivity index (χ2n) is 10.9. The van der Waals surface area contributed by atoms with E-state index in [1.165, 1.54) is 12.8 Å². The van der Waals surface area contributed by atoms with Crippen LogP contribution in [0.3, 0.4) is 0 Å². The van der Waals surface area contributed by atoms with Crippen LogP contribution in [0.2, 0.25) is 25.7 Å². The van der Waals surface area contributed by atoms with E-state index in [-0.39, 0.29) is 0 Å². The van der Waals surface area contributed by atoms with E-state index < -0.39 is 8.07 Å². The molecule has 3 aromatic rings. The summed E-state index contributed by atoms with van der Waals surface area (Å²) in [4.78, 5) is 11.9. The molecule has 1 saturated carbocycles. The van der Waals surface area contributed by atoms with Gasteiger partial charge in [0.25, 0.3) is 0 Å². The zero-order chi connectivity index (χ0) is 23.2. The van der Waals surface area contributed by atoms with E-state index in [0.717, 1.165) is 59.6 Å². The van der Waals surface area contributed by atoms with Gasteiger partial charge in [0.2, 0.25) is 0 Å². The Kier molecular flexibility index (Phi) is 5.54. The van der Waals surface area contributed by atoms with Crippen molar-refractivity contribution in [1.29, 1.82) is 5.26 Å². The number of aromatic nitrogens is 3. The van der Waals surface area contributed by atoms with Crippen molar-refractivity contribution in [2.24, 2.45) is 11.3 Å². The van der Waals surface area contributed by atoms with Crippen molar-refractivity contribution >= 4 is 24.9 Å². The lowest BCUT2D eigenvalue weighted by Crippen LogP contribution is -2.25. The maximum Gasteiger partial charge on any atom is 0.148 e. The van der Waals surface area contributed by atoms with Crippen LogP contribution in [0.15, 0.2) is 36.8 Å². The molecule has 2 fully saturated rings. The fourth-order valence-corrected chi connectivity index (χ4v) is 6.02. The molecule has 2 aliphatic rings. The monoisotopic (exact) mass is 459 g/mol. The number of hydrogen-bond acceptors (Lipinski definition) is 5. The highest BCUT2D eigenvalue weighted by molar-refractivity contribution is 6.76. The lowest BCUT2D eigenvalue weighted by atomic mass is 10.0. The van der Waals surface area contributed by atoms with Gasteiger partial charge in [-0.2, -0.15) is 5.26 Å². The third kappa shape index (κ3) is 4.18. The molecule has 0 N–H and O–H groups in total. The van der Waals surface area contributed by atoms with Gasteiger partial charge >= 0.3 is 0 Å². The number of benzene rings is 1. The summed E-state index contributed by atoms with van der Waals surface area (Å²) in [5, 5.41) is 10.5. The van der Waals surface area contributed by atoms with Gasteiger partial charge < -0.3 is 14.2 Å². The Labute approximate surface area is 197 Å². The van der Waals surface area contributed by atoms with Gasteiger partial charge in [0.1, 0.15) is 24.5 Å². The van der Waals surface area contributed by atoms with Gasteiger partial charge in [-0.3, -0.25) is 0 Å². The molecule has 172 valence electrons. The van der Waals surface area contributed by atoms with Crippen LogP contribution >= 0.6 is 0 Å². The highest BCUT2D eigenvalue weighted by Crippen LogP contribution is 2.60. The summed E-state index contributed by atoms with van der Waals surface area (Å²) < 4.78 is 8.19. The Morgan fingerprint density at radius 1 is 1.27 bits per heavy atom. The topological polar surface area (TPSA) is 67.0 Å². The van der Waals surface area contributed by atoms with E-state index in [0.29, 0.717) is 17.7 Å². The standard InChI is InChI=1S/C26H33N5OSi/c1-5-26-12-21(26)14-30(16-26)24-23-22(20-8-6-7-19(11-20)13-27)15-31(25(23)29-17-28-24)18-32-9-10-33(2,3)4/h6-8,11,15,17,21H,5,9-10,12,14,16,18H2,1-4H3. The molecule has 2 unspecified atom stereocenters. The summed E-state index contributed by atoms with van der Waals surface area (Å²) in [5.41, 5.74) is 4.12. The van der Waals surface area contributed by atoms with Crippen LogP contribution in [-0.2, 0) is 11.5 Å². The number of fused-ring (bicyclic) bond motifs is 2. The van der Waals surface area contributed by atoms with Crippen molar-refractivity contribution in [1.82, 2.24) is 14.5 Å². The maximum absolute atomic E-state index is 9.45. The highest BCUT2D eigenvalue weighted by atomic mass is 28.3. The molecule has 0 amide bonds. The third-order valence-corrected chi connectivity index (χ3v) is 9.18. The van der Waals surface area contributed by atoms with Crippen molar-refractivity contribution < 1.29 is 4.74 Å². The normalized spacial score (nSPS) is 21.9. The minimum atomic E-state index is -1.14. The molecular formula is C26H33N5OSi. The summed E-state index contributed by atoms with van der Waals surface area (Å²) in [6.07, 6.45) is 6.39. The molecule has 1 aromatic carbocycles. The van der Waals surface area contributed by atoms with Crippen molar-refractivity contribution in [3.63, 3.8) is 0 Å². The predicted octanol–water partition coefficient (Wildman–Crippen LogP) is 5.52. The molecule has 0 radical (unpaired) electrons. The van der Waals surface area contributed by atoms with Gasteiger partial charge in [-0.05, 0) is 47.9 Å². The van der Waals surface area contributed by atoms with Crippen molar-refractivity contribution in [2.45, 2.75) is 52.2 Å². The average Bonchev–Trinajstić information content (AvgIpc) is 3.17. The van der Waals surface area contributed by atoms with Crippen molar-refractivity contribution in [2.75, 3.05) is 24.6 Å². The fourth-order valence-electron chi connectivity index (χ4n) is 5.26. The van der Waals surface area contributed by atoms with E-state index in [4.69, 9.17) is 9.72 Å². The van der Waals surface area contributed by atoms with Gasteiger partial charge in [-0.1, -0.05) is 38.7 Å². The maximum atomic E-state index is 9.45. The summed E-state index contributed by atoms with van der Waals surface area (Å²) in [5.74, 6) is 1.79. The first-order valence-corrected chi connectivity index (χ1v) is 15.7. The first-order valence-electron chi connectivity index (χ1n) is 12.0. The second-order valence-corrected chi connectivity index (χ2v) is 16.6. The van der Waals surface area contributed by atoms with Crippen LogP contribution in [-0.4, -0.2) is 42.3 Å². The van der Waals surface area contributed by atoms with Crippen molar-refractivity contribution in [3.8, 4) is 17.2 Å². The predicted molar refractivity (Wildman–Crippen MR) is 135 cm³/mol. The van der Waals surface area contributed by atoms with Crippen LogP contribution in [0.4, 0.5) is 5.82 Å². The second kappa shape index (κ2) is 8.26. The molecular weight excluding hydrogens is 426 g/mol. The largest absolute Gasteiger partial charge is 0.361 e. The van der Waals surface area contributed by atoms with Crippen LogP contribution < -0.4 is 4.90 Å². The molecule has 0 spiro atoms. The minimum Gasteiger partial charge on any atom is -0.361 e. The molecule has 2 atom stereocenters. The molecule has 1 aliphatic carbocycles. The zero-order valence-electron chi connectivity index (χ0n) is 20.1. The summed E-state index contributed by atoms with van der Waals surface area (Å²) >= 11 is 0. The van der Waals surface area contributed by atoms with E-state index >= 15 is 0 Å². The van der Waals surface area contributed by atoms with Crippen LogP contribution in [0, 0.1) is 22.7 Å². The summed E-state index contributed by atoms with van der Waals surface area (Å²) in [6.45, 7) is 12.8. The number of piperidine rings is 1. The molecule has 1 saturated heterocycles. The lowest BCUT2D eigenvalue weighted by Gasteiger charge is -2.22. The number of hydrogen-bond donors (Lipinski definition) is 0. The molecule has 7 heteroatoms. The smallest absolute Gasteiger partial charge is 0.148 e. The molecule has 1 aliphatic heterocycles.